The van der Waals surface area contributed by atoms with E-state index in [0.717, 1.165) is 43.5 Å². The van der Waals surface area contributed by atoms with Crippen LogP contribution in [0.3, 0.4) is 0 Å². The monoisotopic (exact) mass is 430 g/mol. The van der Waals surface area contributed by atoms with Gasteiger partial charge in [0.25, 0.3) is 0 Å². The second-order valence-electron chi connectivity index (χ2n) is 9.92. The van der Waals surface area contributed by atoms with E-state index in [2.05, 4.69) is 54.3 Å². The third-order valence-electron chi connectivity index (χ3n) is 7.72. The van der Waals surface area contributed by atoms with Crippen LogP contribution >= 0.6 is 9.24 Å². The summed E-state index contributed by atoms with van der Waals surface area (Å²) in [7, 11) is 2.97. The van der Waals surface area contributed by atoms with Gasteiger partial charge in [0.15, 0.2) is 0 Å². The zero-order chi connectivity index (χ0) is 21.5. The van der Waals surface area contributed by atoms with Crippen LogP contribution in [0.1, 0.15) is 89.7 Å². The SMILES string of the molecule is C/C=C/c1ccc(OCC2CCC(C3CCC(O)CC3)CC2)c(P)c1CC(C)CC. The number of rotatable bonds is 8. The Bertz CT molecular complexity index is 682. The van der Waals surface area contributed by atoms with Gasteiger partial charge in [-0.1, -0.05) is 38.5 Å². The summed E-state index contributed by atoms with van der Waals surface area (Å²) in [6.45, 7) is 7.55. The lowest BCUT2D eigenvalue weighted by atomic mass is 9.71. The summed E-state index contributed by atoms with van der Waals surface area (Å²) >= 11 is 0. The van der Waals surface area contributed by atoms with Crippen LogP contribution in [-0.2, 0) is 6.42 Å². The van der Waals surface area contributed by atoms with Gasteiger partial charge in [-0.2, -0.15) is 0 Å². The van der Waals surface area contributed by atoms with E-state index in [1.807, 2.05) is 0 Å². The Balaban J connectivity index is 1.55. The van der Waals surface area contributed by atoms with E-state index in [4.69, 9.17) is 4.74 Å². The highest BCUT2D eigenvalue weighted by molar-refractivity contribution is 7.28. The minimum Gasteiger partial charge on any atom is -0.493 e. The number of aliphatic hydroxyl groups is 1. The molecule has 3 heteroatoms. The summed E-state index contributed by atoms with van der Waals surface area (Å²) in [5, 5.41) is 11.0. The van der Waals surface area contributed by atoms with E-state index < -0.39 is 0 Å². The molecule has 1 aromatic carbocycles. The number of benzene rings is 1. The second-order valence-corrected chi connectivity index (χ2v) is 10.5. The van der Waals surface area contributed by atoms with Crippen LogP contribution in [0.4, 0.5) is 0 Å². The van der Waals surface area contributed by atoms with Crippen molar-refractivity contribution in [1.82, 2.24) is 0 Å². The van der Waals surface area contributed by atoms with Gasteiger partial charge in [-0.15, -0.1) is 9.24 Å². The predicted octanol–water partition coefficient (Wildman–Crippen LogP) is 6.55. The molecular formula is C27H43O2P. The van der Waals surface area contributed by atoms with Crippen molar-refractivity contribution in [2.45, 2.75) is 91.1 Å². The lowest BCUT2D eigenvalue weighted by molar-refractivity contribution is 0.0725. The quantitative estimate of drug-likeness (QED) is 0.474. The first-order valence-electron chi connectivity index (χ1n) is 12.4. The Hall–Kier alpha value is -0.850. The van der Waals surface area contributed by atoms with Crippen molar-refractivity contribution in [3.05, 3.63) is 29.3 Å². The first-order chi connectivity index (χ1) is 14.5. The molecule has 0 heterocycles. The average Bonchev–Trinajstić information content (AvgIpc) is 2.76. The maximum Gasteiger partial charge on any atom is 0.126 e. The lowest BCUT2D eigenvalue weighted by Crippen LogP contribution is -2.29. The van der Waals surface area contributed by atoms with Gasteiger partial charge < -0.3 is 9.84 Å². The van der Waals surface area contributed by atoms with Gasteiger partial charge in [0.1, 0.15) is 5.75 Å². The molecule has 2 atom stereocenters. The third kappa shape index (κ3) is 6.33. The van der Waals surface area contributed by atoms with Crippen LogP contribution in [0.15, 0.2) is 18.2 Å². The number of hydrogen-bond acceptors (Lipinski definition) is 2. The largest absolute Gasteiger partial charge is 0.493 e. The summed E-state index contributed by atoms with van der Waals surface area (Å²) in [6.07, 6.45) is 16.4. The molecule has 1 aromatic rings. The molecule has 0 spiro atoms. The van der Waals surface area contributed by atoms with Crippen LogP contribution in [0, 0.1) is 23.7 Å². The minimum absolute atomic E-state index is 0.0310. The Morgan fingerprint density at radius 2 is 1.70 bits per heavy atom. The smallest absolute Gasteiger partial charge is 0.126 e. The summed E-state index contributed by atoms with van der Waals surface area (Å²) < 4.78 is 6.38. The normalized spacial score (nSPS) is 28.6. The topological polar surface area (TPSA) is 29.5 Å². The molecule has 0 radical (unpaired) electrons. The molecule has 0 aliphatic heterocycles. The van der Waals surface area contributed by atoms with E-state index in [9.17, 15) is 5.11 Å². The Morgan fingerprint density at radius 1 is 1.07 bits per heavy atom. The highest BCUT2D eigenvalue weighted by atomic mass is 31.0. The van der Waals surface area contributed by atoms with Crippen LogP contribution in [0.25, 0.3) is 6.08 Å². The van der Waals surface area contributed by atoms with E-state index in [-0.39, 0.29) is 6.10 Å². The van der Waals surface area contributed by atoms with Crippen molar-refractivity contribution in [1.29, 1.82) is 0 Å². The highest BCUT2D eigenvalue weighted by Gasteiger charge is 2.30. The van der Waals surface area contributed by atoms with Gasteiger partial charge in [-0.25, -0.2) is 0 Å². The first-order valence-corrected chi connectivity index (χ1v) is 12.9. The minimum atomic E-state index is -0.0310. The Kier molecular flexibility index (Phi) is 9.27. The molecule has 2 aliphatic rings. The molecule has 0 amide bonds. The fourth-order valence-electron chi connectivity index (χ4n) is 5.45. The van der Waals surface area contributed by atoms with Crippen molar-refractivity contribution in [3.8, 4) is 5.75 Å². The van der Waals surface area contributed by atoms with E-state index >= 15 is 0 Å². The number of aliphatic hydroxyl groups excluding tert-OH is 1. The van der Waals surface area contributed by atoms with Crippen molar-refractivity contribution >= 4 is 20.6 Å². The standard InChI is InChI=1S/C27H43O2P/c1-4-6-23-13-16-26(27(30)25(23)17-19(3)5-2)29-18-20-7-9-21(10-8-20)22-11-14-24(28)15-12-22/h4,6,13,16,19-22,24,28H,5,7-12,14-15,17-18,30H2,1-3H3/b6-4+. The van der Waals surface area contributed by atoms with Crippen molar-refractivity contribution in [2.24, 2.45) is 23.7 Å². The fourth-order valence-corrected chi connectivity index (χ4v) is 5.91. The zero-order valence-corrected chi connectivity index (χ0v) is 20.6. The van der Waals surface area contributed by atoms with Crippen LogP contribution in [0.5, 0.6) is 5.75 Å². The van der Waals surface area contributed by atoms with Gasteiger partial charge in [-0.3, -0.25) is 0 Å². The van der Waals surface area contributed by atoms with E-state index in [1.165, 1.54) is 61.4 Å². The molecular weight excluding hydrogens is 387 g/mol. The molecule has 2 unspecified atom stereocenters. The lowest BCUT2D eigenvalue weighted by Gasteiger charge is -2.36. The summed E-state index contributed by atoms with van der Waals surface area (Å²) in [5.41, 5.74) is 2.75. The molecule has 3 rings (SSSR count). The molecule has 2 nitrogen and oxygen atoms in total. The molecule has 2 fully saturated rings. The molecule has 2 saturated carbocycles. The van der Waals surface area contributed by atoms with Gasteiger partial charge in [0.05, 0.1) is 12.7 Å². The molecule has 1 N–H and O–H groups in total. The van der Waals surface area contributed by atoms with Crippen LogP contribution in [-0.4, -0.2) is 17.8 Å². The van der Waals surface area contributed by atoms with Crippen molar-refractivity contribution in [3.63, 3.8) is 0 Å². The third-order valence-corrected chi connectivity index (χ3v) is 8.36. The fraction of sp³-hybridized carbons (Fsp3) is 0.704. The second kappa shape index (κ2) is 11.7. The van der Waals surface area contributed by atoms with Crippen LogP contribution in [0.2, 0.25) is 0 Å². The molecule has 0 saturated heterocycles. The van der Waals surface area contributed by atoms with Gasteiger partial charge in [0.2, 0.25) is 0 Å². The van der Waals surface area contributed by atoms with Gasteiger partial charge >= 0.3 is 0 Å². The molecule has 30 heavy (non-hydrogen) atoms. The van der Waals surface area contributed by atoms with E-state index in [1.54, 1.807) is 0 Å². The average molecular weight is 431 g/mol. The molecule has 2 aliphatic carbocycles. The summed E-state index contributed by atoms with van der Waals surface area (Å²) in [5.74, 6) is 4.16. The molecule has 0 aromatic heterocycles. The number of ether oxygens (including phenoxy) is 1. The summed E-state index contributed by atoms with van der Waals surface area (Å²) in [4.78, 5) is 0. The van der Waals surface area contributed by atoms with Crippen LogP contribution < -0.4 is 10.0 Å². The van der Waals surface area contributed by atoms with Gasteiger partial charge in [0, 0.05) is 5.30 Å². The predicted molar refractivity (Wildman–Crippen MR) is 133 cm³/mol. The number of allylic oxidation sites excluding steroid dienone is 1. The Morgan fingerprint density at radius 3 is 2.30 bits per heavy atom. The maximum absolute atomic E-state index is 9.77. The Labute approximate surface area is 187 Å². The number of hydrogen-bond donors (Lipinski definition) is 1. The summed E-state index contributed by atoms with van der Waals surface area (Å²) in [6, 6.07) is 4.39. The molecule has 0 bridgehead atoms. The zero-order valence-electron chi connectivity index (χ0n) is 19.4. The molecule has 168 valence electrons. The first kappa shape index (κ1) is 23.8. The van der Waals surface area contributed by atoms with E-state index in [0.29, 0.717) is 11.8 Å². The maximum atomic E-state index is 9.77. The van der Waals surface area contributed by atoms with Gasteiger partial charge in [-0.05, 0) is 106 Å². The van der Waals surface area contributed by atoms with Crippen molar-refractivity contribution < 1.29 is 9.84 Å². The highest BCUT2D eigenvalue weighted by Crippen LogP contribution is 2.40. The van der Waals surface area contributed by atoms with Crippen molar-refractivity contribution in [2.75, 3.05) is 6.61 Å².